The molecule has 0 radical (unpaired) electrons. The van der Waals surface area contributed by atoms with Crippen molar-refractivity contribution in [1.29, 1.82) is 0 Å². The molecule has 0 spiro atoms. The summed E-state index contributed by atoms with van der Waals surface area (Å²) >= 11 is 0. The third-order valence-corrected chi connectivity index (χ3v) is 4.35. The minimum absolute atomic E-state index is 0.0520. The van der Waals surface area contributed by atoms with Gasteiger partial charge in [0.2, 0.25) is 16.9 Å². The topological polar surface area (TPSA) is 77.5 Å². The van der Waals surface area contributed by atoms with E-state index in [1.54, 1.807) is 30.3 Å². The fourth-order valence-electron chi connectivity index (χ4n) is 3.06. The maximum absolute atomic E-state index is 13.7. The summed E-state index contributed by atoms with van der Waals surface area (Å²) in [4.78, 5) is 13.0. The zero-order valence-electron chi connectivity index (χ0n) is 14.9. The molecule has 29 heavy (non-hydrogen) atoms. The second kappa shape index (κ2) is 6.69. The fraction of sp³-hybridized carbons (Fsp3) is 0.100. The van der Waals surface area contributed by atoms with Gasteiger partial charge in [-0.15, -0.1) is 0 Å². The van der Waals surface area contributed by atoms with E-state index in [1.165, 1.54) is 16.9 Å². The first-order valence-corrected chi connectivity index (χ1v) is 8.35. The molecule has 0 amide bonds. The maximum atomic E-state index is 13.7. The number of aromatic nitrogens is 2. The molecule has 4 aromatic rings. The van der Waals surface area contributed by atoms with Crippen molar-refractivity contribution >= 4 is 11.0 Å². The second-order valence-electron chi connectivity index (χ2n) is 6.14. The van der Waals surface area contributed by atoms with Gasteiger partial charge in [-0.3, -0.25) is 4.79 Å². The number of halogens is 3. The Balaban J connectivity index is 2.02. The van der Waals surface area contributed by atoms with Crippen LogP contribution in [0.1, 0.15) is 5.76 Å². The van der Waals surface area contributed by atoms with E-state index in [-0.39, 0.29) is 16.7 Å². The van der Waals surface area contributed by atoms with Gasteiger partial charge >= 0.3 is 6.18 Å². The minimum Gasteiger partial charge on any atom is -0.504 e. The number of aromatic hydroxyl groups is 1. The van der Waals surface area contributed by atoms with Crippen LogP contribution in [-0.2, 0) is 6.18 Å². The highest BCUT2D eigenvalue weighted by Crippen LogP contribution is 2.41. The van der Waals surface area contributed by atoms with Crippen LogP contribution in [0.15, 0.2) is 64.1 Å². The second-order valence-corrected chi connectivity index (χ2v) is 6.14. The van der Waals surface area contributed by atoms with E-state index in [4.69, 9.17) is 9.15 Å². The summed E-state index contributed by atoms with van der Waals surface area (Å²) < 4.78 is 52.6. The summed E-state index contributed by atoms with van der Waals surface area (Å²) in [7, 11) is 1.15. The average molecular weight is 402 g/mol. The molecule has 0 fully saturated rings. The van der Waals surface area contributed by atoms with E-state index in [0.717, 1.165) is 19.4 Å². The Morgan fingerprint density at radius 3 is 2.52 bits per heavy atom. The Morgan fingerprint density at radius 2 is 1.86 bits per heavy atom. The van der Waals surface area contributed by atoms with Gasteiger partial charge in [-0.25, -0.2) is 4.68 Å². The number of nitrogens with zero attached hydrogens (tertiary/aromatic N) is 2. The highest BCUT2D eigenvalue weighted by molar-refractivity contribution is 5.89. The zero-order valence-corrected chi connectivity index (χ0v) is 14.9. The molecule has 6 nitrogen and oxygen atoms in total. The summed E-state index contributed by atoms with van der Waals surface area (Å²) in [5, 5.41) is 13.7. The predicted molar refractivity (Wildman–Crippen MR) is 98.3 cm³/mol. The van der Waals surface area contributed by atoms with Gasteiger partial charge < -0.3 is 14.3 Å². The molecule has 9 heteroatoms. The van der Waals surface area contributed by atoms with Crippen molar-refractivity contribution in [2.24, 2.45) is 0 Å². The molecule has 0 aliphatic rings. The van der Waals surface area contributed by atoms with E-state index in [2.05, 4.69) is 5.10 Å². The van der Waals surface area contributed by atoms with E-state index in [9.17, 15) is 23.1 Å². The van der Waals surface area contributed by atoms with Crippen LogP contribution in [0.25, 0.3) is 27.8 Å². The van der Waals surface area contributed by atoms with Gasteiger partial charge in [0.05, 0.1) is 29.9 Å². The standard InChI is InChI=1S/C20H13F3N2O4/c1-28-18-14(26)8-7-13-16(27)15(19(20(21,22)23)29-17(13)18)11-9-24-25(10-11)12-5-3-2-4-6-12/h2-10,26H,1H3. The molecule has 4 rings (SSSR count). The number of alkyl halides is 3. The van der Waals surface area contributed by atoms with Gasteiger partial charge in [0.1, 0.15) is 0 Å². The number of fused-ring (bicyclic) bond motifs is 1. The minimum atomic E-state index is -4.96. The van der Waals surface area contributed by atoms with E-state index >= 15 is 0 Å². The summed E-state index contributed by atoms with van der Waals surface area (Å²) in [6.07, 6.45) is -2.48. The van der Waals surface area contributed by atoms with Crippen LogP contribution in [0.3, 0.4) is 0 Å². The van der Waals surface area contributed by atoms with E-state index in [1.807, 2.05) is 0 Å². The average Bonchev–Trinajstić information content (AvgIpc) is 3.17. The number of phenolic OH excluding ortho intramolecular Hbond substituents is 1. The van der Waals surface area contributed by atoms with Crippen LogP contribution in [0.2, 0.25) is 0 Å². The monoisotopic (exact) mass is 402 g/mol. The zero-order chi connectivity index (χ0) is 20.8. The first-order chi connectivity index (χ1) is 13.8. The summed E-state index contributed by atoms with van der Waals surface area (Å²) in [5.74, 6) is -2.29. The molecule has 0 aliphatic heterocycles. The van der Waals surface area contributed by atoms with Crippen molar-refractivity contribution in [3.05, 3.63) is 70.8 Å². The third kappa shape index (κ3) is 3.10. The normalized spacial score (nSPS) is 11.7. The fourth-order valence-corrected chi connectivity index (χ4v) is 3.06. The predicted octanol–water partition coefficient (Wildman–Crippen LogP) is 4.38. The molecule has 2 aromatic heterocycles. The molecule has 0 saturated carbocycles. The lowest BCUT2D eigenvalue weighted by Gasteiger charge is -2.13. The molecule has 2 aromatic carbocycles. The lowest BCUT2D eigenvalue weighted by molar-refractivity contribution is -0.152. The Kier molecular flexibility index (Phi) is 4.30. The first kappa shape index (κ1) is 18.6. The number of ether oxygens (including phenoxy) is 1. The van der Waals surface area contributed by atoms with Crippen LogP contribution in [0, 0.1) is 0 Å². The number of methoxy groups -OCH3 is 1. The van der Waals surface area contributed by atoms with Crippen LogP contribution in [0.4, 0.5) is 13.2 Å². The molecule has 2 heterocycles. The number of rotatable bonds is 3. The third-order valence-electron chi connectivity index (χ3n) is 4.35. The molecule has 0 unspecified atom stereocenters. The van der Waals surface area contributed by atoms with Crippen molar-refractivity contribution in [3.8, 4) is 28.3 Å². The highest BCUT2D eigenvalue weighted by atomic mass is 19.4. The number of hydrogen-bond donors (Lipinski definition) is 1. The quantitative estimate of drug-likeness (QED) is 0.550. The van der Waals surface area contributed by atoms with E-state index in [0.29, 0.717) is 5.69 Å². The SMILES string of the molecule is COc1c(O)ccc2c(=O)c(-c3cnn(-c4ccccc4)c3)c(C(F)(F)F)oc12. The molecule has 0 aliphatic carbocycles. The van der Waals surface area contributed by atoms with Gasteiger partial charge in [0, 0.05) is 11.8 Å². The molecule has 148 valence electrons. The largest absolute Gasteiger partial charge is 0.504 e. The summed E-state index contributed by atoms with van der Waals surface area (Å²) in [6, 6.07) is 11.1. The van der Waals surface area contributed by atoms with Gasteiger partial charge in [0.15, 0.2) is 11.3 Å². The molecular formula is C20H13F3N2O4. The van der Waals surface area contributed by atoms with Crippen molar-refractivity contribution in [1.82, 2.24) is 9.78 Å². The molecule has 0 bridgehead atoms. The molecule has 1 N–H and O–H groups in total. The number of benzene rings is 2. The molecule has 0 atom stereocenters. The number of phenols is 1. The summed E-state index contributed by atoms with van der Waals surface area (Å²) in [6.45, 7) is 0. The summed E-state index contributed by atoms with van der Waals surface area (Å²) in [5.41, 5.74) is -1.50. The first-order valence-electron chi connectivity index (χ1n) is 8.35. The number of para-hydroxylation sites is 1. The smallest absolute Gasteiger partial charge is 0.450 e. The van der Waals surface area contributed by atoms with Crippen molar-refractivity contribution in [2.75, 3.05) is 7.11 Å². The van der Waals surface area contributed by atoms with E-state index < -0.39 is 34.3 Å². The van der Waals surface area contributed by atoms with Gasteiger partial charge in [-0.1, -0.05) is 18.2 Å². The van der Waals surface area contributed by atoms with Gasteiger partial charge in [-0.2, -0.15) is 18.3 Å². The van der Waals surface area contributed by atoms with Crippen molar-refractivity contribution in [2.45, 2.75) is 6.18 Å². The Morgan fingerprint density at radius 1 is 1.14 bits per heavy atom. The van der Waals surface area contributed by atoms with Crippen LogP contribution in [-0.4, -0.2) is 22.0 Å². The lowest BCUT2D eigenvalue weighted by atomic mass is 10.0. The lowest BCUT2D eigenvalue weighted by Crippen LogP contribution is -2.16. The highest BCUT2D eigenvalue weighted by Gasteiger charge is 2.40. The van der Waals surface area contributed by atoms with Gasteiger partial charge in [0.25, 0.3) is 0 Å². The van der Waals surface area contributed by atoms with Crippen molar-refractivity contribution < 1.29 is 27.4 Å². The van der Waals surface area contributed by atoms with Crippen LogP contribution >= 0.6 is 0 Å². The Labute approximate surface area is 161 Å². The van der Waals surface area contributed by atoms with Crippen LogP contribution < -0.4 is 10.2 Å². The van der Waals surface area contributed by atoms with Gasteiger partial charge in [-0.05, 0) is 24.3 Å². The number of hydrogen-bond acceptors (Lipinski definition) is 5. The van der Waals surface area contributed by atoms with Crippen LogP contribution in [0.5, 0.6) is 11.5 Å². The molecular weight excluding hydrogens is 389 g/mol. The molecule has 0 saturated heterocycles. The van der Waals surface area contributed by atoms with Crippen molar-refractivity contribution in [3.63, 3.8) is 0 Å². The maximum Gasteiger partial charge on any atom is 0.450 e. The Hall–Kier alpha value is -3.75. The Bertz CT molecular complexity index is 1260.